The van der Waals surface area contributed by atoms with Gasteiger partial charge in [0.2, 0.25) is 0 Å². The third kappa shape index (κ3) is 3.34. The molecule has 5 heteroatoms. The fourth-order valence-corrected chi connectivity index (χ4v) is 3.25. The Labute approximate surface area is 134 Å². The highest BCUT2D eigenvalue weighted by Crippen LogP contribution is 2.36. The highest BCUT2D eigenvalue weighted by molar-refractivity contribution is 9.11. The number of para-hydroxylation sites is 1. The maximum absolute atomic E-state index is 3.53. The molecule has 0 amide bonds. The molecular weight excluding hydrogens is 478 g/mol. The summed E-state index contributed by atoms with van der Waals surface area (Å²) in [6, 6.07) is 12.0. The van der Waals surface area contributed by atoms with Gasteiger partial charge in [0.1, 0.15) is 0 Å². The molecule has 1 N–H and O–H groups in total. The molecule has 88 valence electrons. The van der Waals surface area contributed by atoms with E-state index in [-0.39, 0.29) is 0 Å². The Balaban J connectivity index is 2.41. The maximum Gasteiger partial charge on any atom is 0.0673 e. The van der Waals surface area contributed by atoms with Crippen LogP contribution in [0.1, 0.15) is 0 Å². The van der Waals surface area contributed by atoms with Gasteiger partial charge in [-0.25, -0.2) is 0 Å². The Hall–Kier alpha value is 0.160. The number of benzene rings is 2. The van der Waals surface area contributed by atoms with Crippen molar-refractivity contribution in [1.82, 2.24) is 0 Å². The zero-order valence-electron chi connectivity index (χ0n) is 8.48. The Morgan fingerprint density at radius 1 is 0.765 bits per heavy atom. The number of hydrogen-bond acceptors (Lipinski definition) is 1. The van der Waals surface area contributed by atoms with Crippen LogP contribution in [-0.2, 0) is 0 Å². The molecule has 0 bridgehead atoms. The van der Waals surface area contributed by atoms with Gasteiger partial charge in [-0.2, -0.15) is 0 Å². The van der Waals surface area contributed by atoms with Crippen LogP contribution in [0.4, 0.5) is 11.4 Å². The monoisotopic (exact) mass is 481 g/mol. The largest absolute Gasteiger partial charge is 0.353 e. The minimum absolute atomic E-state index is 1.01. The quantitative estimate of drug-likeness (QED) is 0.514. The van der Waals surface area contributed by atoms with Gasteiger partial charge in [-0.05, 0) is 78.1 Å². The molecule has 0 saturated heterocycles. The van der Waals surface area contributed by atoms with Crippen molar-refractivity contribution in [2.24, 2.45) is 0 Å². The van der Waals surface area contributed by atoms with Crippen molar-refractivity contribution in [3.8, 4) is 0 Å². The van der Waals surface area contributed by atoms with Crippen molar-refractivity contribution >= 4 is 75.1 Å². The number of nitrogens with one attached hydrogen (secondary N) is 1. The van der Waals surface area contributed by atoms with Crippen LogP contribution in [0.15, 0.2) is 54.3 Å². The minimum atomic E-state index is 1.01. The molecule has 0 aromatic heterocycles. The lowest BCUT2D eigenvalue weighted by Crippen LogP contribution is -1.93. The Bertz CT molecular complexity index is 534. The highest BCUT2D eigenvalue weighted by Gasteiger charge is 2.07. The van der Waals surface area contributed by atoms with Gasteiger partial charge in [-0.1, -0.05) is 22.0 Å². The maximum atomic E-state index is 3.53. The predicted octanol–water partition coefficient (Wildman–Crippen LogP) is 6.48. The molecule has 1 nitrogen and oxygen atoms in total. The van der Waals surface area contributed by atoms with E-state index >= 15 is 0 Å². The SMILES string of the molecule is Brc1ccc(Br)c(Nc2c(Br)cccc2Br)c1. The van der Waals surface area contributed by atoms with E-state index in [0.717, 1.165) is 29.3 Å². The summed E-state index contributed by atoms with van der Waals surface area (Å²) in [4.78, 5) is 0. The topological polar surface area (TPSA) is 12.0 Å². The lowest BCUT2D eigenvalue weighted by atomic mass is 10.3. The predicted molar refractivity (Wildman–Crippen MR) is 87.0 cm³/mol. The standard InChI is InChI=1S/C12H7Br4N/c13-7-4-5-8(14)11(6-7)17-12-9(15)2-1-3-10(12)16/h1-6,17H. The van der Waals surface area contributed by atoms with Crippen LogP contribution in [0.3, 0.4) is 0 Å². The first-order chi connectivity index (χ1) is 8.08. The molecule has 0 saturated carbocycles. The van der Waals surface area contributed by atoms with E-state index < -0.39 is 0 Å². The van der Waals surface area contributed by atoms with Gasteiger partial charge in [0.15, 0.2) is 0 Å². The first-order valence-electron chi connectivity index (χ1n) is 4.74. The molecule has 0 aliphatic rings. The van der Waals surface area contributed by atoms with E-state index in [1.165, 1.54) is 0 Å². The summed E-state index contributed by atoms with van der Waals surface area (Å²) in [5, 5.41) is 3.38. The van der Waals surface area contributed by atoms with Crippen LogP contribution in [0, 0.1) is 0 Å². The molecule has 0 radical (unpaired) electrons. The number of halogens is 4. The zero-order valence-corrected chi connectivity index (χ0v) is 14.8. The molecule has 17 heavy (non-hydrogen) atoms. The number of anilines is 2. The van der Waals surface area contributed by atoms with Gasteiger partial charge in [0.25, 0.3) is 0 Å². The molecule has 2 rings (SSSR count). The molecule has 0 atom stereocenters. The molecule has 0 unspecified atom stereocenters. The minimum Gasteiger partial charge on any atom is -0.353 e. The average molecular weight is 485 g/mol. The van der Waals surface area contributed by atoms with Crippen molar-refractivity contribution in [3.05, 3.63) is 54.3 Å². The van der Waals surface area contributed by atoms with Gasteiger partial charge in [-0.3, -0.25) is 0 Å². The Morgan fingerprint density at radius 2 is 1.41 bits per heavy atom. The average Bonchev–Trinajstić information content (AvgIpc) is 2.28. The van der Waals surface area contributed by atoms with Crippen LogP contribution in [0.5, 0.6) is 0 Å². The molecule has 0 aliphatic carbocycles. The first-order valence-corrected chi connectivity index (χ1v) is 7.91. The van der Waals surface area contributed by atoms with E-state index in [0.29, 0.717) is 0 Å². The second-order valence-electron chi connectivity index (χ2n) is 3.35. The van der Waals surface area contributed by atoms with Crippen molar-refractivity contribution < 1.29 is 0 Å². The van der Waals surface area contributed by atoms with Crippen molar-refractivity contribution in [1.29, 1.82) is 0 Å². The first kappa shape index (κ1) is 13.6. The molecule has 0 heterocycles. The van der Waals surface area contributed by atoms with E-state index in [1.807, 2.05) is 36.4 Å². The lowest BCUT2D eigenvalue weighted by molar-refractivity contribution is 1.47. The third-order valence-corrected chi connectivity index (χ3v) is 4.66. The van der Waals surface area contributed by atoms with Crippen LogP contribution in [-0.4, -0.2) is 0 Å². The zero-order chi connectivity index (χ0) is 12.4. The highest BCUT2D eigenvalue weighted by atomic mass is 79.9. The molecular formula is C12H7Br4N. The van der Waals surface area contributed by atoms with Gasteiger partial charge >= 0.3 is 0 Å². The molecule has 0 fully saturated rings. The smallest absolute Gasteiger partial charge is 0.0673 e. The van der Waals surface area contributed by atoms with Gasteiger partial charge in [0, 0.05) is 17.9 Å². The Morgan fingerprint density at radius 3 is 2.06 bits per heavy atom. The van der Waals surface area contributed by atoms with Crippen molar-refractivity contribution in [3.63, 3.8) is 0 Å². The number of rotatable bonds is 2. The molecule has 2 aromatic rings. The van der Waals surface area contributed by atoms with Gasteiger partial charge in [0.05, 0.1) is 11.4 Å². The summed E-state index contributed by atoms with van der Waals surface area (Å²) in [5.41, 5.74) is 2.01. The van der Waals surface area contributed by atoms with Gasteiger partial charge < -0.3 is 5.32 Å². The van der Waals surface area contributed by atoms with Crippen LogP contribution >= 0.6 is 63.7 Å². The summed E-state index contributed by atoms with van der Waals surface area (Å²) < 4.78 is 4.08. The molecule has 0 aliphatic heterocycles. The summed E-state index contributed by atoms with van der Waals surface area (Å²) in [6.45, 7) is 0. The second kappa shape index (κ2) is 5.87. The summed E-state index contributed by atoms with van der Waals surface area (Å²) >= 11 is 14.0. The number of hydrogen-bond donors (Lipinski definition) is 1. The van der Waals surface area contributed by atoms with Gasteiger partial charge in [-0.15, -0.1) is 0 Å². The van der Waals surface area contributed by atoms with Crippen LogP contribution in [0.25, 0.3) is 0 Å². The molecule has 0 spiro atoms. The fourth-order valence-electron chi connectivity index (χ4n) is 1.35. The van der Waals surface area contributed by atoms with E-state index in [4.69, 9.17) is 0 Å². The van der Waals surface area contributed by atoms with Crippen molar-refractivity contribution in [2.45, 2.75) is 0 Å². The normalized spacial score (nSPS) is 10.4. The third-order valence-electron chi connectivity index (χ3n) is 2.15. The van der Waals surface area contributed by atoms with E-state index in [2.05, 4.69) is 69.0 Å². The van der Waals surface area contributed by atoms with Crippen LogP contribution < -0.4 is 5.32 Å². The Kier molecular flexibility index (Phi) is 4.69. The second-order valence-corrected chi connectivity index (χ2v) is 6.82. The van der Waals surface area contributed by atoms with E-state index in [9.17, 15) is 0 Å². The lowest BCUT2D eigenvalue weighted by Gasteiger charge is -2.12. The molecule has 2 aromatic carbocycles. The summed E-state index contributed by atoms with van der Waals surface area (Å²) in [6.07, 6.45) is 0. The van der Waals surface area contributed by atoms with Crippen molar-refractivity contribution in [2.75, 3.05) is 5.32 Å². The fraction of sp³-hybridized carbons (Fsp3) is 0. The summed E-state index contributed by atoms with van der Waals surface area (Å²) in [7, 11) is 0. The van der Waals surface area contributed by atoms with E-state index in [1.54, 1.807) is 0 Å². The van der Waals surface area contributed by atoms with Crippen LogP contribution in [0.2, 0.25) is 0 Å². The summed E-state index contributed by atoms with van der Waals surface area (Å²) in [5.74, 6) is 0.